The number of oxime groups is 1. The molecule has 1 heterocycles. The fraction of sp³-hybridized carbons (Fsp3) is 0.286. The molecule has 1 aliphatic rings. The average Bonchev–Trinajstić information content (AvgIpc) is 2.86. The van der Waals surface area contributed by atoms with Crippen molar-refractivity contribution in [3.63, 3.8) is 0 Å². The van der Waals surface area contributed by atoms with Gasteiger partial charge in [0, 0.05) is 5.56 Å². The summed E-state index contributed by atoms with van der Waals surface area (Å²) in [6.07, 6.45) is 0. The average molecular weight is 492 g/mol. The van der Waals surface area contributed by atoms with E-state index in [-0.39, 0.29) is 13.2 Å². The Morgan fingerprint density at radius 1 is 0.917 bits per heavy atom. The Balaban J connectivity index is 1.29. The molecule has 1 saturated heterocycles. The molecular formula is C28H29NO7. The highest BCUT2D eigenvalue weighted by molar-refractivity contribution is 6.01. The molecule has 1 aliphatic heterocycles. The van der Waals surface area contributed by atoms with Crippen molar-refractivity contribution >= 4 is 11.7 Å². The van der Waals surface area contributed by atoms with Crippen LogP contribution in [0.3, 0.4) is 0 Å². The van der Waals surface area contributed by atoms with Crippen LogP contribution in [-0.4, -0.2) is 50.3 Å². The molecule has 1 fully saturated rings. The van der Waals surface area contributed by atoms with Crippen LogP contribution >= 0.6 is 0 Å². The number of ether oxygens (including phenoxy) is 4. The lowest BCUT2D eigenvalue weighted by Gasteiger charge is -2.41. The third-order valence-electron chi connectivity index (χ3n) is 5.81. The van der Waals surface area contributed by atoms with Crippen LogP contribution < -0.4 is 9.47 Å². The van der Waals surface area contributed by atoms with Crippen molar-refractivity contribution in [2.75, 3.05) is 33.5 Å². The van der Waals surface area contributed by atoms with Crippen LogP contribution in [-0.2, 0) is 31.3 Å². The van der Waals surface area contributed by atoms with Gasteiger partial charge in [0.1, 0.15) is 49.7 Å². The fourth-order valence-electron chi connectivity index (χ4n) is 3.69. The predicted molar refractivity (Wildman–Crippen MR) is 134 cm³/mol. The molecule has 0 atom stereocenters. The summed E-state index contributed by atoms with van der Waals surface area (Å²) in [7, 11) is 1.52. The standard InChI is InChI=1S/C28H29NO7/c1-20-3-7-22(8-4-20)26(29-32-2)16-35-24-11-5-21(6-12-24)15-34-25-13-9-23(10-14-25)28(18-33-19-28)36-17-27(30)31/h3-14H,15-19H2,1-2H3,(H,30,31). The van der Waals surface area contributed by atoms with Crippen molar-refractivity contribution in [3.8, 4) is 11.5 Å². The SMILES string of the molecule is CON=C(COc1ccc(COc2ccc(C3(OCC(=O)O)COC3)cc2)cc1)c1ccc(C)cc1. The second kappa shape index (κ2) is 11.7. The molecule has 4 rings (SSSR count). The van der Waals surface area contributed by atoms with Gasteiger partial charge >= 0.3 is 5.97 Å². The Bertz CT molecular complexity index is 1170. The van der Waals surface area contributed by atoms with Crippen LogP contribution in [0, 0.1) is 6.92 Å². The van der Waals surface area contributed by atoms with E-state index in [1.807, 2.05) is 79.7 Å². The first-order valence-corrected chi connectivity index (χ1v) is 11.5. The minimum atomic E-state index is -1.01. The van der Waals surface area contributed by atoms with Crippen molar-refractivity contribution in [3.05, 3.63) is 95.1 Å². The Morgan fingerprint density at radius 3 is 2.14 bits per heavy atom. The number of carboxylic acids is 1. The number of aryl methyl sites for hydroxylation is 1. The molecule has 0 aliphatic carbocycles. The van der Waals surface area contributed by atoms with Gasteiger partial charge in [-0.15, -0.1) is 0 Å². The maximum atomic E-state index is 10.9. The molecule has 0 bridgehead atoms. The maximum Gasteiger partial charge on any atom is 0.329 e. The van der Waals surface area contributed by atoms with Gasteiger partial charge in [-0.1, -0.05) is 59.3 Å². The molecule has 0 aromatic heterocycles. The van der Waals surface area contributed by atoms with Gasteiger partial charge < -0.3 is 28.9 Å². The van der Waals surface area contributed by atoms with Crippen LogP contribution in [0.1, 0.15) is 22.3 Å². The van der Waals surface area contributed by atoms with Gasteiger partial charge in [-0.25, -0.2) is 4.79 Å². The number of hydrogen-bond donors (Lipinski definition) is 1. The molecule has 0 radical (unpaired) electrons. The first kappa shape index (κ1) is 25.2. The lowest BCUT2D eigenvalue weighted by Crippen LogP contribution is -2.49. The van der Waals surface area contributed by atoms with E-state index in [2.05, 4.69) is 5.16 Å². The van der Waals surface area contributed by atoms with E-state index in [9.17, 15) is 4.79 Å². The normalized spacial score (nSPS) is 14.6. The molecule has 8 nitrogen and oxygen atoms in total. The highest BCUT2D eigenvalue weighted by Crippen LogP contribution is 2.34. The van der Waals surface area contributed by atoms with Gasteiger partial charge in [-0.05, 0) is 42.3 Å². The third kappa shape index (κ3) is 6.41. The molecule has 0 unspecified atom stereocenters. The third-order valence-corrected chi connectivity index (χ3v) is 5.81. The van der Waals surface area contributed by atoms with E-state index in [1.165, 1.54) is 12.7 Å². The van der Waals surface area contributed by atoms with Crippen LogP contribution in [0.5, 0.6) is 11.5 Å². The summed E-state index contributed by atoms with van der Waals surface area (Å²) in [4.78, 5) is 15.9. The summed E-state index contributed by atoms with van der Waals surface area (Å²) in [6.45, 7) is 3.00. The summed E-state index contributed by atoms with van der Waals surface area (Å²) >= 11 is 0. The summed E-state index contributed by atoms with van der Waals surface area (Å²) in [5, 5.41) is 13.0. The molecule has 3 aromatic rings. The van der Waals surface area contributed by atoms with Crippen LogP contribution in [0.2, 0.25) is 0 Å². The largest absolute Gasteiger partial charge is 0.489 e. The maximum absolute atomic E-state index is 10.9. The summed E-state index contributed by atoms with van der Waals surface area (Å²) < 4.78 is 22.7. The van der Waals surface area contributed by atoms with Gasteiger partial charge in [0.25, 0.3) is 0 Å². The fourth-order valence-corrected chi connectivity index (χ4v) is 3.69. The first-order chi connectivity index (χ1) is 17.5. The molecule has 3 aromatic carbocycles. The zero-order chi connectivity index (χ0) is 25.4. The summed E-state index contributed by atoms with van der Waals surface area (Å²) in [5.41, 5.74) is 3.97. The first-order valence-electron chi connectivity index (χ1n) is 11.5. The van der Waals surface area contributed by atoms with E-state index < -0.39 is 11.6 Å². The second-order valence-corrected chi connectivity index (χ2v) is 8.50. The molecule has 8 heteroatoms. The zero-order valence-corrected chi connectivity index (χ0v) is 20.3. The van der Waals surface area contributed by atoms with E-state index in [1.54, 1.807) is 0 Å². The Labute approximate surface area is 210 Å². The van der Waals surface area contributed by atoms with Crippen molar-refractivity contribution in [1.82, 2.24) is 0 Å². The van der Waals surface area contributed by atoms with Crippen LogP contribution in [0.15, 0.2) is 78.0 Å². The van der Waals surface area contributed by atoms with Gasteiger partial charge in [-0.3, -0.25) is 0 Å². The number of rotatable bonds is 12. The van der Waals surface area contributed by atoms with Gasteiger partial charge in [0.05, 0.1) is 13.2 Å². The number of benzene rings is 3. The molecule has 188 valence electrons. The van der Waals surface area contributed by atoms with Crippen molar-refractivity contribution in [2.24, 2.45) is 5.16 Å². The topological polar surface area (TPSA) is 95.8 Å². The zero-order valence-electron chi connectivity index (χ0n) is 20.3. The van der Waals surface area contributed by atoms with E-state index in [4.69, 9.17) is 28.9 Å². The quantitative estimate of drug-likeness (QED) is 0.298. The molecule has 0 spiro atoms. The molecule has 0 saturated carbocycles. The van der Waals surface area contributed by atoms with Crippen molar-refractivity contribution in [2.45, 2.75) is 19.1 Å². The highest BCUT2D eigenvalue weighted by Gasteiger charge is 2.42. The monoisotopic (exact) mass is 491 g/mol. The highest BCUT2D eigenvalue weighted by atomic mass is 16.6. The van der Waals surface area contributed by atoms with Crippen LogP contribution in [0.4, 0.5) is 0 Å². The molecule has 1 N–H and O–H groups in total. The number of hydrogen-bond acceptors (Lipinski definition) is 7. The van der Waals surface area contributed by atoms with E-state index in [0.29, 0.717) is 37.0 Å². The Hall–Kier alpha value is -3.88. The number of carbonyl (C=O) groups is 1. The smallest absolute Gasteiger partial charge is 0.329 e. The van der Waals surface area contributed by atoms with Gasteiger partial charge in [0.15, 0.2) is 0 Å². The van der Waals surface area contributed by atoms with Crippen molar-refractivity contribution < 1.29 is 33.7 Å². The minimum absolute atomic E-state index is 0.280. The Kier molecular flexibility index (Phi) is 8.20. The van der Waals surface area contributed by atoms with Crippen LogP contribution in [0.25, 0.3) is 0 Å². The summed E-state index contributed by atoms with van der Waals surface area (Å²) in [6, 6.07) is 23.2. The minimum Gasteiger partial charge on any atom is -0.489 e. The summed E-state index contributed by atoms with van der Waals surface area (Å²) in [5.74, 6) is 0.409. The number of aliphatic carboxylic acids is 1. The molecule has 36 heavy (non-hydrogen) atoms. The van der Waals surface area contributed by atoms with E-state index >= 15 is 0 Å². The molecular weight excluding hydrogens is 462 g/mol. The second-order valence-electron chi connectivity index (χ2n) is 8.50. The molecule has 0 amide bonds. The number of nitrogens with zero attached hydrogens (tertiary/aromatic N) is 1. The lowest BCUT2D eigenvalue weighted by atomic mass is 9.91. The number of carboxylic acid groups (broad SMARTS) is 1. The lowest BCUT2D eigenvalue weighted by molar-refractivity contribution is -0.220. The predicted octanol–water partition coefficient (Wildman–Crippen LogP) is 4.33. The van der Waals surface area contributed by atoms with Gasteiger partial charge in [-0.2, -0.15) is 0 Å². The van der Waals surface area contributed by atoms with Gasteiger partial charge in [0.2, 0.25) is 0 Å². The van der Waals surface area contributed by atoms with E-state index in [0.717, 1.165) is 16.7 Å². The Morgan fingerprint density at radius 2 is 1.56 bits per heavy atom. The van der Waals surface area contributed by atoms with Crippen molar-refractivity contribution in [1.29, 1.82) is 0 Å².